The lowest BCUT2D eigenvalue weighted by molar-refractivity contribution is 0.0757. The van der Waals surface area contributed by atoms with Gasteiger partial charge in [-0.05, 0) is 46.6 Å². The molecule has 0 aliphatic carbocycles. The first kappa shape index (κ1) is 11.6. The van der Waals surface area contributed by atoms with Crippen molar-refractivity contribution in [3.8, 4) is 0 Å². The molecular weight excluding hydrogens is 298 g/mol. The molecule has 1 saturated heterocycles. The Balaban J connectivity index is 1.70. The SMILES string of the molecule is O=C(c1ccc(Br)o1)N1CCC(c2ccco2)C1. The highest BCUT2D eigenvalue weighted by molar-refractivity contribution is 9.10. The standard InChI is InChI=1S/C13H12BrNO3/c14-12-4-3-11(18-12)13(16)15-6-5-9(8-15)10-2-1-7-17-10/h1-4,7,9H,5-6,8H2. The summed E-state index contributed by atoms with van der Waals surface area (Å²) in [6, 6.07) is 7.26. The Labute approximate surface area is 113 Å². The van der Waals surface area contributed by atoms with Gasteiger partial charge in [0, 0.05) is 19.0 Å². The molecule has 3 rings (SSSR count). The van der Waals surface area contributed by atoms with Crippen molar-refractivity contribution in [1.29, 1.82) is 0 Å². The first-order chi connectivity index (χ1) is 8.74. The molecule has 1 aliphatic heterocycles. The van der Waals surface area contributed by atoms with Crippen molar-refractivity contribution in [2.24, 2.45) is 0 Å². The molecule has 18 heavy (non-hydrogen) atoms. The highest BCUT2D eigenvalue weighted by atomic mass is 79.9. The number of hydrogen-bond acceptors (Lipinski definition) is 3. The van der Waals surface area contributed by atoms with E-state index < -0.39 is 0 Å². The van der Waals surface area contributed by atoms with Crippen molar-refractivity contribution in [3.63, 3.8) is 0 Å². The van der Waals surface area contributed by atoms with Gasteiger partial charge in [0.1, 0.15) is 5.76 Å². The van der Waals surface area contributed by atoms with Crippen LogP contribution in [0.5, 0.6) is 0 Å². The molecule has 1 unspecified atom stereocenters. The smallest absolute Gasteiger partial charge is 0.289 e. The van der Waals surface area contributed by atoms with Crippen molar-refractivity contribution in [2.75, 3.05) is 13.1 Å². The van der Waals surface area contributed by atoms with Gasteiger partial charge in [-0.25, -0.2) is 0 Å². The minimum Gasteiger partial charge on any atom is -0.469 e. The Kier molecular flexibility index (Phi) is 2.99. The first-order valence-electron chi connectivity index (χ1n) is 5.82. The largest absolute Gasteiger partial charge is 0.469 e. The fraction of sp³-hybridized carbons (Fsp3) is 0.308. The summed E-state index contributed by atoms with van der Waals surface area (Å²) in [5.74, 6) is 1.56. The number of likely N-dealkylation sites (tertiary alicyclic amines) is 1. The van der Waals surface area contributed by atoms with E-state index in [-0.39, 0.29) is 5.91 Å². The Morgan fingerprint density at radius 3 is 2.94 bits per heavy atom. The van der Waals surface area contributed by atoms with Gasteiger partial charge in [-0.15, -0.1) is 0 Å². The van der Waals surface area contributed by atoms with E-state index in [1.807, 2.05) is 12.1 Å². The van der Waals surface area contributed by atoms with Crippen LogP contribution in [-0.4, -0.2) is 23.9 Å². The summed E-state index contributed by atoms with van der Waals surface area (Å²) < 4.78 is 11.2. The first-order valence-corrected chi connectivity index (χ1v) is 6.61. The zero-order chi connectivity index (χ0) is 12.5. The molecule has 94 valence electrons. The van der Waals surface area contributed by atoms with E-state index in [1.165, 1.54) is 0 Å². The van der Waals surface area contributed by atoms with Gasteiger partial charge in [0.15, 0.2) is 10.4 Å². The second-order valence-electron chi connectivity index (χ2n) is 4.36. The molecule has 3 heterocycles. The third-order valence-corrected chi connectivity index (χ3v) is 3.63. The van der Waals surface area contributed by atoms with Gasteiger partial charge in [0.2, 0.25) is 0 Å². The molecule has 0 N–H and O–H groups in total. The zero-order valence-electron chi connectivity index (χ0n) is 9.64. The third kappa shape index (κ3) is 2.10. The lowest BCUT2D eigenvalue weighted by Gasteiger charge is -2.14. The van der Waals surface area contributed by atoms with Crippen molar-refractivity contribution in [2.45, 2.75) is 12.3 Å². The number of carbonyl (C=O) groups excluding carboxylic acids is 1. The predicted molar refractivity (Wildman–Crippen MR) is 68.4 cm³/mol. The van der Waals surface area contributed by atoms with E-state index in [2.05, 4.69) is 15.9 Å². The molecule has 0 aromatic carbocycles. The fourth-order valence-corrected chi connectivity index (χ4v) is 2.59. The summed E-state index contributed by atoms with van der Waals surface area (Å²) in [5.41, 5.74) is 0. The predicted octanol–water partition coefficient (Wildman–Crippen LogP) is 3.26. The Bertz CT molecular complexity index is 546. The highest BCUT2D eigenvalue weighted by Gasteiger charge is 2.30. The quantitative estimate of drug-likeness (QED) is 0.855. The molecule has 0 bridgehead atoms. The Morgan fingerprint density at radius 2 is 2.28 bits per heavy atom. The lowest BCUT2D eigenvalue weighted by Crippen LogP contribution is -2.28. The molecule has 4 nitrogen and oxygen atoms in total. The summed E-state index contributed by atoms with van der Waals surface area (Å²) in [6.07, 6.45) is 2.60. The minimum atomic E-state index is -0.0604. The van der Waals surface area contributed by atoms with Crippen LogP contribution in [0.15, 0.2) is 44.0 Å². The molecular formula is C13H12BrNO3. The summed E-state index contributed by atoms with van der Waals surface area (Å²) in [7, 11) is 0. The van der Waals surface area contributed by atoms with Crippen LogP contribution in [0.3, 0.4) is 0 Å². The number of amides is 1. The topological polar surface area (TPSA) is 46.6 Å². The molecule has 5 heteroatoms. The van der Waals surface area contributed by atoms with Gasteiger partial charge in [-0.3, -0.25) is 4.79 Å². The second kappa shape index (κ2) is 4.65. The normalized spacial score (nSPS) is 19.4. The van der Waals surface area contributed by atoms with Crippen LogP contribution in [0.25, 0.3) is 0 Å². The molecule has 2 aromatic heterocycles. The Morgan fingerprint density at radius 1 is 1.39 bits per heavy atom. The number of nitrogens with zero attached hydrogens (tertiary/aromatic N) is 1. The van der Waals surface area contributed by atoms with Crippen LogP contribution in [0.4, 0.5) is 0 Å². The van der Waals surface area contributed by atoms with E-state index >= 15 is 0 Å². The van der Waals surface area contributed by atoms with Crippen molar-refractivity contribution >= 4 is 21.8 Å². The number of halogens is 1. The van der Waals surface area contributed by atoms with Crippen LogP contribution in [-0.2, 0) is 0 Å². The molecule has 0 saturated carbocycles. The maximum Gasteiger partial charge on any atom is 0.289 e. The van der Waals surface area contributed by atoms with Gasteiger partial charge in [-0.2, -0.15) is 0 Å². The number of carbonyl (C=O) groups is 1. The Hall–Kier alpha value is -1.49. The van der Waals surface area contributed by atoms with Crippen molar-refractivity contribution in [1.82, 2.24) is 4.90 Å². The third-order valence-electron chi connectivity index (χ3n) is 3.21. The average molecular weight is 310 g/mol. The molecule has 0 spiro atoms. The zero-order valence-corrected chi connectivity index (χ0v) is 11.2. The van der Waals surface area contributed by atoms with Crippen LogP contribution < -0.4 is 0 Å². The molecule has 1 fully saturated rings. The van der Waals surface area contributed by atoms with Crippen LogP contribution in [0.2, 0.25) is 0 Å². The molecule has 1 amide bonds. The van der Waals surface area contributed by atoms with Crippen molar-refractivity contribution in [3.05, 3.63) is 46.7 Å². The summed E-state index contributed by atoms with van der Waals surface area (Å²) in [4.78, 5) is 14.0. The van der Waals surface area contributed by atoms with E-state index in [4.69, 9.17) is 8.83 Å². The van der Waals surface area contributed by atoms with Gasteiger partial charge in [-0.1, -0.05) is 0 Å². The van der Waals surface area contributed by atoms with Gasteiger partial charge in [0.25, 0.3) is 5.91 Å². The fourth-order valence-electron chi connectivity index (χ4n) is 2.29. The van der Waals surface area contributed by atoms with Crippen LogP contribution in [0, 0.1) is 0 Å². The second-order valence-corrected chi connectivity index (χ2v) is 5.14. The van der Waals surface area contributed by atoms with E-state index in [1.54, 1.807) is 23.3 Å². The number of hydrogen-bond donors (Lipinski definition) is 0. The number of rotatable bonds is 2. The average Bonchev–Trinajstić information content (AvgIpc) is 3.09. The maximum atomic E-state index is 12.2. The lowest BCUT2D eigenvalue weighted by atomic mass is 10.1. The van der Waals surface area contributed by atoms with E-state index in [9.17, 15) is 4.79 Å². The minimum absolute atomic E-state index is 0.0604. The van der Waals surface area contributed by atoms with Crippen LogP contribution >= 0.6 is 15.9 Å². The highest BCUT2D eigenvalue weighted by Crippen LogP contribution is 2.28. The van der Waals surface area contributed by atoms with Gasteiger partial charge >= 0.3 is 0 Å². The maximum absolute atomic E-state index is 12.2. The van der Waals surface area contributed by atoms with E-state index in [0.717, 1.165) is 18.7 Å². The monoisotopic (exact) mass is 309 g/mol. The molecule has 1 aliphatic rings. The van der Waals surface area contributed by atoms with Crippen molar-refractivity contribution < 1.29 is 13.6 Å². The molecule has 0 radical (unpaired) electrons. The molecule has 1 atom stereocenters. The molecule has 2 aromatic rings. The summed E-state index contributed by atoms with van der Waals surface area (Å²) >= 11 is 3.20. The van der Waals surface area contributed by atoms with Gasteiger partial charge < -0.3 is 13.7 Å². The number of furan rings is 2. The van der Waals surface area contributed by atoms with Gasteiger partial charge in [0.05, 0.1) is 6.26 Å². The summed E-state index contributed by atoms with van der Waals surface area (Å²) in [6.45, 7) is 1.42. The summed E-state index contributed by atoms with van der Waals surface area (Å²) in [5, 5.41) is 0. The van der Waals surface area contributed by atoms with Crippen LogP contribution in [0.1, 0.15) is 28.7 Å². The van der Waals surface area contributed by atoms with E-state index in [0.29, 0.717) is 22.9 Å².